The van der Waals surface area contributed by atoms with Crippen molar-refractivity contribution in [2.24, 2.45) is 5.73 Å². The number of carboxylic acids is 1. The van der Waals surface area contributed by atoms with Crippen LogP contribution in [-0.4, -0.2) is 42.3 Å². The molecule has 0 atom stereocenters. The summed E-state index contributed by atoms with van der Waals surface area (Å²) < 4.78 is 5.02. The minimum Gasteiger partial charge on any atom is -0.481 e. The lowest BCUT2D eigenvalue weighted by atomic mass is 9.93. The van der Waals surface area contributed by atoms with Gasteiger partial charge < -0.3 is 20.9 Å². The molecule has 0 aromatic carbocycles. The van der Waals surface area contributed by atoms with Gasteiger partial charge in [0.2, 0.25) is 5.91 Å². The molecule has 0 spiro atoms. The van der Waals surface area contributed by atoms with Crippen molar-refractivity contribution in [1.29, 1.82) is 0 Å². The van der Waals surface area contributed by atoms with Gasteiger partial charge in [-0.3, -0.25) is 9.59 Å². The first-order valence-corrected chi connectivity index (χ1v) is 5.89. The number of carboxylic acid groups (broad SMARTS) is 1. The Kier molecular flexibility index (Phi) is 5.37. The van der Waals surface area contributed by atoms with Crippen molar-refractivity contribution in [3.63, 3.8) is 0 Å². The molecule has 0 aliphatic heterocycles. The monoisotopic (exact) mass is 244 g/mol. The Morgan fingerprint density at radius 3 is 2.53 bits per heavy atom. The number of amides is 1. The second kappa shape index (κ2) is 6.56. The molecule has 0 unspecified atom stereocenters. The average molecular weight is 244 g/mol. The number of hydrogen-bond acceptors (Lipinski definition) is 4. The van der Waals surface area contributed by atoms with Gasteiger partial charge in [0.1, 0.15) is 6.61 Å². The number of hydrogen-bond donors (Lipinski definition) is 3. The minimum atomic E-state index is -0.880. The summed E-state index contributed by atoms with van der Waals surface area (Å²) in [6.07, 6.45) is 3.34. The second-order valence-corrected chi connectivity index (χ2v) is 4.45. The van der Waals surface area contributed by atoms with E-state index in [4.69, 9.17) is 15.6 Å². The number of ether oxygens (including phenoxy) is 1. The smallest absolute Gasteiger partial charge is 0.305 e. The topological polar surface area (TPSA) is 102 Å². The lowest BCUT2D eigenvalue weighted by Crippen LogP contribution is -2.49. The maximum atomic E-state index is 11.6. The minimum absolute atomic E-state index is 0.0182. The second-order valence-electron chi connectivity index (χ2n) is 4.45. The summed E-state index contributed by atoms with van der Waals surface area (Å²) >= 11 is 0. The molecule has 0 bridgehead atoms. The Bertz CT molecular complexity index is 275. The molecule has 1 fully saturated rings. The Morgan fingerprint density at radius 1 is 1.35 bits per heavy atom. The van der Waals surface area contributed by atoms with E-state index in [9.17, 15) is 9.59 Å². The molecule has 0 aromatic rings. The number of rotatable bonds is 7. The van der Waals surface area contributed by atoms with E-state index in [1.807, 2.05) is 0 Å². The first kappa shape index (κ1) is 13.9. The van der Waals surface area contributed by atoms with Crippen LogP contribution in [0.3, 0.4) is 0 Å². The van der Waals surface area contributed by atoms with E-state index >= 15 is 0 Å². The van der Waals surface area contributed by atoms with Gasteiger partial charge in [-0.2, -0.15) is 0 Å². The molecule has 1 amide bonds. The molecule has 0 radical (unpaired) electrons. The first-order chi connectivity index (χ1) is 8.08. The van der Waals surface area contributed by atoms with Crippen LogP contribution in [0.1, 0.15) is 32.1 Å². The number of nitrogens with one attached hydrogen (secondary N) is 1. The Morgan fingerprint density at radius 2 is 2.00 bits per heavy atom. The van der Waals surface area contributed by atoms with E-state index in [-0.39, 0.29) is 18.9 Å². The highest BCUT2D eigenvalue weighted by molar-refractivity contribution is 5.79. The van der Waals surface area contributed by atoms with Gasteiger partial charge in [0, 0.05) is 6.54 Å². The van der Waals surface area contributed by atoms with Gasteiger partial charge in [-0.25, -0.2) is 0 Å². The fourth-order valence-electron chi connectivity index (χ4n) is 2.27. The van der Waals surface area contributed by atoms with Crippen LogP contribution in [0.5, 0.6) is 0 Å². The molecule has 17 heavy (non-hydrogen) atoms. The molecule has 0 aromatic heterocycles. The van der Waals surface area contributed by atoms with Crippen molar-refractivity contribution < 1.29 is 19.4 Å². The highest BCUT2D eigenvalue weighted by Gasteiger charge is 2.37. The van der Waals surface area contributed by atoms with Gasteiger partial charge >= 0.3 is 5.97 Å². The Hall–Kier alpha value is -1.14. The first-order valence-electron chi connectivity index (χ1n) is 5.89. The molecule has 1 aliphatic carbocycles. The molecule has 98 valence electrons. The molecular formula is C11H20N2O4. The van der Waals surface area contributed by atoms with Crippen molar-refractivity contribution in [3.8, 4) is 0 Å². The van der Waals surface area contributed by atoms with Gasteiger partial charge in [-0.15, -0.1) is 0 Å². The molecule has 0 heterocycles. The van der Waals surface area contributed by atoms with Crippen LogP contribution in [-0.2, 0) is 14.3 Å². The van der Waals surface area contributed by atoms with Gasteiger partial charge in [0.15, 0.2) is 0 Å². The third-order valence-corrected chi connectivity index (χ3v) is 2.95. The number of aliphatic carboxylic acids is 1. The number of nitrogens with two attached hydrogens (primary N) is 1. The highest BCUT2D eigenvalue weighted by atomic mass is 16.5. The molecule has 0 saturated heterocycles. The van der Waals surface area contributed by atoms with Gasteiger partial charge in [-0.05, 0) is 12.8 Å². The van der Waals surface area contributed by atoms with Crippen molar-refractivity contribution in [2.45, 2.75) is 37.6 Å². The third-order valence-electron chi connectivity index (χ3n) is 2.95. The van der Waals surface area contributed by atoms with Crippen LogP contribution in [0, 0.1) is 0 Å². The summed E-state index contributed by atoms with van der Waals surface area (Å²) in [6, 6.07) is 0. The molecule has 1 rings (SSSR count). The van der Waals surface area contributed by atoms with E-state index in [1.165, 1.54) is 0 Å². The molecule has 6 heteroatoms. The van der Waals surface area contributed by atoms with Crippen LogP contribution < -0.4 is 11.1 Å². The summed E-state index contributed by atoms with van der Waals surface area (Å²) in [5.74, 6) is -1.14. The van der Waals surface area contributed by atoms with Crippen LogP contribution in [0.4, 0.5) is 0 Å². The van der Waals surface area contributed by atoms with Crippen LogP contribution >= 0.6 is 0 Å². The van der Waals surface area contributed by atoms with Crippen LogP contribution in [0.2, 0.25) is 0 Å². The summed E-state index contributed by atoms with van der Waals surface area (Å²) in [5, 5.41) is 11.7. The standard InChI is InChI=1S/C11H20N2O4/c12-5-6-17-8-9(14)13-11(7-10(15)16)3-1-2-4-11/h1-8,12H2,(H,13,14)(H,15,16). The van der Waals surface area contributed by atoms with E-state index < -0.39 is 11.5 Å². The maximum absolute atomic E-state index is 11.6. The van der Waals surface area contributed by atoms with E-state index in [0.717, 1.165) is 25.7 Å². The molecule has 6 nitrogen and oxygen atoms in total. The zero-order chi connectivity index (χ0) is 12.7. The van der Waals surface area contributed by atoms with Crippen molar-refractivity contribution in [1.82, 2.24) is 5.32 Å². The maximum Gasteiger partial charge on any atom is 0.305 e. The summed E-state index contributed by atoms with van der Waals surface area (Å²) in [5.41, 5.74) is 4.66. The van der Waals surface area contributed by atoms with E-state index in [1.54, 1.807) is 0 Å². The van der Waals surface area contributed by atoms with Crippen molar-refractivity contribution in [3.05, 3.63) is 0 Å². The van der Waals surface area contributed by atoms with Gasteiger partial charge in [0.25, 0.3) is 0 Å². The highest BCUT2D eigenvalue weighted by Crippen LogP contribution is 2.32. The molecule has 4 N–H and O–H groups in total. The zero-order valence-corrected chi connectivity index (χ0v) is 9.91. The Labute approximate surface area is 101 Å². The quantitative estimate of drug-likeness (QED) is 0.541. The zero-order valence-electron chi connectivity index (χ0n) is 9.91. The van der Waals surface area contributed by atoms with Crippen molar-refractivity contribution in [2.75, 3.05) is 19.8 Å². The number of carbonyl (C=O) groups excluding carboxylic acids is 1. The largest absolute Gasteiger partial charge is 0.481 e. The molecule has 1 saturated carbocycles. The lowest BCUT2D eigenvalue weighted by molar-refractivity contribution is -0.139. The Balaban J connectivity index is 2.43. The normalized spacial score (nSPS) is 17.9. The summed E-state index contributed by atoms with van der Waals surface area (Å²) in [4.78, 5) is 22.4. The summed E-state index contributed by atoms with van der Waals surface area (Å²) in [7, 11) is 0. The average Bonchev–Trinajstić information content (AvgIpc) is 2.65. The fourth-order valence-corrected chi connectivity index (χ4v) is 2.27. The fraction of sp³-hybridized carbons (Fsp3) is 0.818. The predicted molar refractivity (Wildman–Crippen MR) is 61.5 cm³/mol. The van der Waals surface area contributed by atoms with E-state index in [2.05, 4.69) is 5.32 Å². The van der Waals surface area contributed by atoms with Crippen LogP contribution in [0.15, 0.2) is 0 Å². The van der Waals surface area contributed by atoms with Crippen molar-refractivity contribution >= 4 is 11.9 Å². The lowest BCUT2D eigenvalue weighted by Gasteiger charge is -2.28. The third kappa shape index (κ3) is 4.70. The van der Waals surface area contributed by atoms with E-state index in [0.29, 0.717) is 13.2 Å². The molecular weight excluding hydrogens is 224 g/mol. The number of carbonyl (C=O) groups is 2. The van der Waals surface area contributed by atoms with Gasteiger partial charge in [0.05, 0.1) is 18.6 Å². The van der Waals surface area contributed by atoms with Gasteiger partial charge in [-0.1, -0.05) is 12.8 Å². The van der Waals surface area contributed by atoms with Crippen LogP contribution in [0.25, 0.3) is 0 Å². The predicted octanol–water partition coefficient (Wildman–Crippen LogP) is -0.135. The molecule has 1 aliphatic rings. The SMILES string of the molecule is NCCOCC(=O)NC1(CC(=O)O)CCCC1. The summed E-state index contributed by atoms with van der Waals surface area (Å²) in [6.45, 7) is 0.644.